The molecule has 2 heterocycles. The molecule has 1 unspecified atom stereocenters. The molecule has 0 aliphatic heterocycles. The van der Waals surface area contributed by atoms with Crippen molar-refractivity contribution in [3.05, 3.63) is 30.4 Å². The van der Waals surface area contributed by atoms with Crippen LogP contribution in [0.25, 0.3) is 11.4 Å². The highest BCUT2D eigenvalue weighted by Gasteiger charge is 2.31. The second kappa shape index (κ2) is 4.86. The molecular weight excluding hydrogens is 228 g/mol. The number of nitrogens with one attached hydrogen (secondary N) is 1. The average molecular weight is 244 g/mol. The monoisotopic (exact) mass is 244 g/mol. The number of hydrogen-bond acceptors (Lipinski definition) is 5. The fourth-order valence-corrected chi connectivity index (χ4v) is 2.15. The van der Waals surface area contributed by atoms with E-state index in [2.05, 4.69) is 20.4 Å². The Bertz CT molecular complexity index is 507. The van der Waals surface area contributed by atoms with E-state index in [1.807, 2.05) is 19.2 Å². The summed E-state index contributed by atoms with van der Waals surface area (Å²) in [6.07, 6.45) is 6.87. The minimum absolute atomic E-state index is 0.454. The van der Waals surface area contributed by atoms with Crippen LogP contribution in [0.15, 0.2) is 29.0 Å². The lowest BCUT2D eigenvalue weighted by Crippen LogP contribution is -2.29. The second-order valence-corrected chi connectivity index (χ2v) is 4.68. The van der Waals surface area contributed by atoms with Gasteiger partial charge in [0, 0.05) is 30.4 Å². The van der Waals surface area contributed by atoms with Crippen LogP contribution in [0.3, 0.4) is 0 Å². The van der Waals surface area contributed by atoms with Crippen molar-refractivity contribution in [2.24, 2.45) is 5.92 Å². The van der Waals surface area contributed by atoms with Crippen LogP contribution in [0.4, 0.5) is 0 Å². The quantitative estimate of drug-likeness (QED) is 0.866. The van der Waals surface area contributed by atoms with Crippen molar-refractivity contribution in [2.75, 3.05) is 7.05 Å². The molecule has 1 N–H and O–H groups in total. The van der Waals surface area contributed by atoms with E-state index in [4.69, 9.17) is 4.52 Å². The Morgan fingerprint density at radius 3 is 2.83 bits per heavy atom. The third kappa shape index (κ3) is 2.41. The summed E-state index contributed by atoms with van der Waals surface area (Å²) >= 11 is 0. The van der Waals surface area contributed by atoms with Gasteiger partial charge in [0.05, 0.1) is 0 Å². The van der Waals surface area contributed by atoms with Gasteiger partial charge in [0.25, 0.3) is 0 Å². The molecule has 18 heavy (non-hydrogen) atoms. The summed E-state index contributed by atoms with van der Waals surface area (Å²) in [6, 6.07) is 4.21. The first-order valence-corrected chi connectivity index (χ1v) is 6.27. The van der Waals surface area contributed by atoms with Crippen LogP contribution >= 0.6 is 0 Å². The van der Waals surface area contributed by atoms with E-state index < -0.39 is 0 Å². The highest BCUT2D eigenvalue weighted by molar-refractivity contribution is 5.52. The maximum atomic E-state index is 5.31. The van der Waals surface area contributed by atoms with Gasteiger partial charge in [-0.25, -0.2) is 0 Å². The Balaban J connectivity index is 1.73. The molecule has 94 valence electrons. The lowest BCUT2D eigenvalue weighted by molar-refractivity contribution is 0.352. The van der Waals surface area contributed by atoms with Gasteiger partial charge in [-0.1, -0.05) is 5.16 Å². The average Bonchev–Trinajstić information content (AvgIpc) is 3.16. The summed E-state index contributed by atoms with van der Waals surface area (Å²) in [4.78, 5) is 8.41. The third-order valence-electron chi connectivity index (χ3n) is 3.36. The first-order chi connectivity index (χ1) is 8.86. The standard InChI is InChI=1S/C13H16N4O/c1-14-11(9-2-3-9)8-12-16-13(17-18-12)10-4-6-15-7-5-10/h4-7,9,11,14H,2-3,8H2,1H3. The maximum Gasteiger partial charge on any atom is 0.228 e. The van der Waals surface area contributed by atoms with Gasteiger partial charge in [-0.05, 0) is 37.9 Å². The second-order valence-electron chi connectivity index (χ2n) is 4.68. The van der Waals surface area contributed by atoms with E-state index in [9.17, 15) is 0 Å². The number of pyridine rings is 1. The summed E-state index contributed by atoms with van der Waals surface area (Å²) < 4.78 is 5.31. The number of rotatable bonds is 5. The fraction of sp³-hybridized carbons (Fsp3) is 0.462. The van der Waals surface area contributed by atoms with Crippen LogP contribution < -0.4 is 5.32 Å². The molecule has 5 heteroatoms. The van der Waals surface area contributed by atoms with Crippen LogP contribution in [0.2, 0.25) is 0 Å². The number of nitrogens with zero attached hydrogens (tertiary/aromatic N) is 3. The lowest BCUT2D eigenvalue weighted by atomic mass is 10.1. The Kier molecular flexibility index (Phi) is 3.06. The number of aromatic nitrogens is 3. The van der Waals surface area contributed by atoms with Gasteiger partial charge < -0.3 is 9.84 Å². The molecule has 1 atom stereocenters. The van der Waals surface area contributed by atoms with E-state index in [1.54, 1.807) is 12.4 Å². The third-order valence-corrected chi connectivity index (χ3v) is 3.36. The van der Waals surface area contributed by atoms with Crippen LogP contribution in [0.5, 0.6) is 0 Å². The van der Waals surface area contributed by atoms with Gasteiger partial charge in [0.15, 0.2) is 0 Å². The van der Waals surface area contributed by atoms with Crippen molar-refractivity contribution in [3.8, 4) is 11.4 Å². The van der Waals surface area contributed by atoms with Crippen LogP contribution in [0.1, 0.15) is 18.7 Å². The summed E-state index contributed by atoms with van der Waals surface area (Å²) in [5.41, 5.74) is 0.937. The van der Waals surface area contributed by atoms with E-state index in [-0.39, 0.29) is 0 Å². The molecule has 0 radical (unpaired) electrons. The normalized spacial score (nSPS) is 16.7. The molecule has 3 rings (SSSR count). The van der Waals surface area contributed by atoms with Gasteiger partial charge in [0.2, 0.25) is 11.7 Å². The smallest absolute Gasteiger partial charge is 0.228 e. The molecule has 1 aliphatic rings. The predicted octanol–water partition coefficient (Wildman–Crippen LogP) is 1.67. The highest BCUT2D eigenvalue weighted by atomic mass is 16.5. The highest BCUT2D eigenvalue weighted by Crippen LogP contribution is 2.33. The molecule has 0 bridgehead atoms. The molecule has 2 aromatic heterocycles. The zero-order valence-electron chi connectivity index (χ0n) is 10.3. The fourth-order valence-electron chi connectivity index (χ4n) is 2.15. The molecular formula is C13H16N4O. The first kappa shape index (κ1) is 11.3. The molecule has 0 saturated heterocycles. The van der Waals surface area contributed by atoms with Crippen molar-refractivity contribution in [3.63, 3.8) is 0 Å². The molecule has 2 aromatic rings. The summed E-state index contributed by atoms with van der Waals surface area (Å²) in [5.74, 6) is 2.11. The van der Waals surface area contributed by atoms with E-state index in [0.29, 0.717) is 17.8 Å². The first-order valence-electron chi connectivity index (χ1n) is 6.27. The summed E-state index contributed by atoms with van der Waals surface area (Å²) in [6.45, 7) is 0. The minimum atomic E-state index is 0.454. The van der Waals surface area contributed by atoms with Crippen molar-refractivity contribution in [1.29, 1.82) is 0 Å². The Labute approximate surface area is 106 Å². The van der Waals surface area contributed by atoms with Crippen molar-refractivity contribution in [1.82, 2.24) is 20.4 Å². The van der Waals surface area contributed by atoms with Crippen molar-refractivity contribution < 1.29 is 4.52 Å². The predicted molar refractivity (Wildman–Crippen MR) is 66.8 cm³/mol. The molecule has 1 saturated carbocycles. The molecule has 0 amide bonds. The molecule has 1 aliphatic carbocycles. The van der Waals surface area contributed by atoms with Gasteiger partial charge in [0.1, 0.15) is 0 Å². The molecule has 1 fully saturated rings. The van der Waals surface area contributed by atoms with Gasteiger partial charge in [-0.2, -0.15) is 4.98 Å². The van der Waals surface area contributed by atoms with E-state index in [0.717, 1.165) is 17.9 Å². The zero-order valence-corrected chi connectivity index (χ0v) is 10.3. The maximum absolute atomic E-state index is 5.31. The summed E-state index contributed by atoms with van der Waals surface area (Å²) in [5, 5.41) is 7.34. The lowest BCUT2D eigenvalue weighted by Gasteiger charge is -2.11. The van der Waals surface area contributed by atoms with E-state index in [1.165, 1.54) is 12.8 Å². The van der Waals surface area contributed by atoms with E-state index >= 15 is 0 Å². The minimum Gasteiger partial charge on any atom is -0.339 e. The Morgan fingerprint density at radius 1 is 1.39 bits per heavy atom. The molecule has 0 spiro atoms. The molecule has 0 aromatic carbocycles. The van der Waals surface area contributed by atoms with Crippen LogP contribution in [-0.4, -0.2) is 28.2 Å². The van der Waals surface area contributed by atoms with Gasteiger partial charge in [-0.3, -0.25) is 4.98 Å². The van der Waals surface area contributed by atoms with Crippen molar-refractivity contribution in [2.45, 2.75) is 25.3 Å². The Hall–Kier alpha value is -1.75. The van der Waals surface area contributed by atoms with Gasteiger partial charge in [-0.15, -0.1) is 0 Å². The van der Waals surface area contributed by atoms with Crippen LogP contribution in [0, 0.1) is 5.92 Å². The van der Waals surface area contributed by atoms with Crippen LogP contribution in [-0.2, 0) is 6.42 Å². The number of likely N-dealkylation sites (N-methyl/N-ethyl adjacent to an activating group) is 1. The zero-order chi connectivity index (χ0) is 12.4. The largest absolute Gasteiger partial charge is 0.339 e. The van der Waals surface area contributed by atoms with Gasteiger partial charge >= 0.3 is 0 Å². The van der Waals surface area contributed by atoms with Crippen molar-refractivity contribution >= 4 is 0 Å². The number of hydrogen-bond donors (Lipinski definition) is 1. The molecule has 5 nitrogen and oxygen atoms in total. The SMILES string of the molecule is CNC(Cc1nc(-c2ccncc2)no1)C1CC1. The topological polar surface area (TPSA) is 63.8 Å². The summed E-state index contributed by atoms with van der Waals surface area (Å²) in [7, 11) is 1.99. The Morgan fingerprint density at radius 2 is 2.17 bits per heavy atom.